The average molecular weight is 264 g/mol. The highest BCUT2D eigenvalue weighted by Crippen LogP contribution is 2.40. The van der Waals surface area contributed by atoms with Gasteiger partial charge >= 0.3 is 0 Å². The van der Waals surface area contributed by atoms with Crippen LogP contribution >= 0.6 is 0 Å². The van der Waals surface area contributed by atoms with Gasteiger partial charge in [-0.2, -0.15) is 0 Å². The highest BCUT2D eigenvalue weighted by molar-refractivity contribution is 5.98. The molecule has 0 fully saturated rings. The van der Waals surface area contributed by atoms with E-state index in [0.717, 1.165) is 23.3 Å². The fourth-order valence-corrected chi connectivity index (χ4v) is 3.27. The third-order valence-corrected chi connectivity index (χ3v) is 4.22. The predicted octanol–water partition coefficient (Wildman–Crippen LogP) is 3.81. The molecule has 0 saturated carbocycles. The average Bonchev–Trinajstić information content (AvgIpc) is 2.34. The van der Waals surface area contributed by atoms with Gasteiger partial charge in [-0.1, -0.05) is 70.9 Å². The molecule has 102 valence electrons. The van der Waals surface area contributed by atoms with Crippen LogP contribution in [0.2, 0.25) is 0 Å². The van der Waals surface area contributed by atoms with E-state index in [1.54, 1.807) is 0 Å². The Balaban J connectivity index is 3.05. The van der Waals surface area contributed by atoms with E-state index < -0.39 is 0 Å². The van der Waals surface area contributed by atoms with Crippen molar-refractivity contribution in [3.05, 3.63) is 35.9 Å². The van der Waals surface area contributed by atoms with Crippen LogP contribution in [0.5, 0.6) is 0 Å². The lowest BCUT2D eigenvalue weighted by molar-refractivity contribution is 0.0206. The summed E-state index contributed by atoms with van der Waals surface area (Å²) >= 11 is 0. The lowest BCUT2D eigenvalue weighted by atomic mass is 9.76. The summed E-state index contributed by atoms with van der Waals surface area (Å²) in [5.41, 5.74) is 1.57. The molecule has 0 heterocycles. The zero-order valence-electron chi connectivity index (χ0n) is 12.6. The molecule has 1 aromatic rings. The first-order chi connectivity index (χ1) is 8.43. The van der Waals surface area contributed by atoms with Gasteiger partial charge in [-0.3, -0.25) is 0 Å². The van der Waals surface area contributed by atoms with Crippen molar-refractivity contribution in [3.63, 3.8) is 0 Å². The van der Waals surface area contributed by atoms with Crippen molar-refractivity contribution in [1.29, 1.82) is 0 Å². The maximum absolute atomic E-state index is 6.14. The van der Waals surface area contributed by atoms with Crippen LogP contribution in [0.4, 0.5) is 0 Å². The van der Waals surface area contributed by atoms with Gasteiger partial charge in [0.1, 0.15) is 10.5 Å². The molecule has 0 aliphatic heterocycles. The summed E-state index contributed by atoms with van der Waals surface area (Å²) < 4.78 is 6.14. The van der Waals surface area contributed by atoms with E-state index in [2.05, 4.69) is 58.0 Å². The fourth-order valence-electron chi connectivity index (χ4n) is 2.69. The molecule has 18 heavy (non-hydrogen) atoms. The molecule has 0 aliphatic carbocycles. The Morgan fingerprint density at radius 1 is 1.11 bits per heavy atom. The minimum atomic E-state index is -0.0677. The Morgan fingerprint density at radius 2 is 1.72 bits per heavy atom. The van der Waals surface area contributed by atoms with Crippen LogP contribution in [0.3, 0.4) is 0 Å². The molecule has 0 bridgehead atoms. The highest BCUT2D eigenvalue weighted by Gasteiger charge is 2.35. The van der Waals surface area contributed by atoms with Gasteiger partial charge in [0.15, 0.2) is 0 Å². The normalized spacial score (nSPS) is 15.6. The van der Waals surface area contributed by atoms with Crippen LogP contribution < -0.4 is 0 Å². The zero-order valence-corrected chi connectivity index (χ0v) is 14.6. The topological polar surface area (TPSA) is 9.23 Å². The second kappa shape index (κ2) is 6.53. The van der Waals surface area contributed by atoms with Gasteiger partial charge in [0.05, 0.1) is 5.60 Å². The monoisotopic (exact) mass is 264 g/mol. The molecular weight excluding hydrogens is 236 g/mol. The maximum atomic E-state index is 6.14. The Bertz CT molecular complexity index is 342. The molecule has 1 unspecified atom stereocenters. The Kier molecular flexibility index (Phi) is 5.61. The van der Waals surface area contributed by atoms with E-state index in [4.69, 9.17) is 4.43 Å². The summed E-state index contributed by atoms with van der Waals surface area (Å²) in [4.78, 5) is 0. The predicted molar refractivity (Wildman–Crippen MR) is 82.7 cm³/mol. The lowest BCUT2D eigenvalue weighted by Crippen LogP contribution is -2.34. The summed E-state index contributed by atoms with van der Waals surface area (Å²) in [5, 5.41) is 0. The van der Waals surface area contributed by atoms with Crippen LogP contribution in [0.1, 0.15) is 58.9 Å². The van der Waals surface area contributed by atoms with Gasteiger partial charge in [-0.05, 0) is 23.8 Å². The summed E-state index contributed by atoms with van der Waals surface area (Å²) in [5.74, 6) is 0. The molecule has 0 aliphatic rings. The highest BCUT2D eigenvalue weighted by atomic mass is 28.2. The minimum Gasteiger partial charge on any atom is -0.418 e. The molecule has 0 radical (unpaired) electrons. The molecule has 0 amide bonds. The second-order valence-corrected chi connectivity index (χ2v) is 6.81. The van der Waals surface area contributed by atoms with Crippen LogP contribution in [0.25, 0.3) is 0 Å². The molecule has 0 saturated heterocycles. The van der Waals surface area contributed by atoms with Crippen molar-refractivity contribution in [2.24, 2.45) is 5.41 Å². The van der Waals surface area contributed by atoms with Gasteiger partial charge in [0.2, 0.25) is 0 Å². The Hall–Kier alpha value is -0.603. The van der Waals surface area contributed by atoms with E-state index in [1.165, 1.54) is 18.4 Å². The lowest BCUT2D eigenvalue weighted by Gasteiger charge is -2.39. The third-order valence-electron chi connectivity index (χ3n) is 3.44. The summed E-state index contributed by atoms with van der Waals surface area (Å²) in [6.07, 6.45) is 4.68. The van der Waals surface area contributed by atoms with Crippen molar-refractivity contribution in [2.75, 3.05) is 0 Å². The minimum absolute atomic E-state index is 0.0677. The van der Waals surface area contributed by atoms with Crippen molar-refractivity contribution in [2.45, 2.75) is 59.0 Å². The third kappa shape index (κ3) is 4.25. The van der Waals surface area contributed by atoms with Gasteiger partial charge in [0.25, 0.3) is 0 Å². The standard InChI is InChI=1S/C16H28OSi/c1-5-6-12-16(17-18,13-15(2,3)4)14-10-8-7-9-11-14/h7-11H,5-6,12-13H2,1-4,18H3. The van der Waals surface area contributed by atoms with Gasteiger partial charge < -0.3 is 4.43 Å². The van der Waals surface area contributed by atoms with Crippen LogP contribution in [0.15, 0.2) is 30.3 Å². The molecule has 1 rings (SSSR count). The largest absolute Gasteiger partial charge is 0.418 e. The molecule has 1 aromatic carbocycles. The second-order valence-electron chi connectivity index (χ2n) is 6.41. The SMILES string of the molecule is CCCCC(CC(C)(C)C)(O[SiH3])c1ccccc1. The summed E-state index contributed by atoms with van der Waals surface area (Å²) in [6, 6.07) is 10.8. The Labute approximate surface area is 115 Å². The van der Waals surface area contributed by atoms with Gasteiger partial charge in [-0.15, -0.1) is 0 Å². The first-order valence-electron chi connectivity index (χ1n) is 7.04. The number of benzene rings is 1. The number of hydrogen-bond acceptors (Lipinski definition) is 1. The van der Waals surface area contributed by atoms with E-state index in [-0.39, 0.29) is 11.0 Å². The van der Waals surface area contributed by atoms with E-state index in [9.17, 15) is 0 Å². The molecule has 1 atom stereocenters. The summed E-state index contributed by atoms with van der Waals surface area (Å²) in [6.45, 7) is 9.16. The van der Waals surface area contributed by atoms with E-state index >= 15 is 0 Å². The van der Waals surface area contributed by atoms with Crippen LogP contribution in [-0.2, 0) is 10.0 Å². The molecule has 0 spiro atoms. The number of hydrogen-bond donors (Lipinski definition) is 0. The van der Waals surface area contributed by atoms with Crippen molar-refractivity contribution >= 4 is 10.5 Å². The van der Waals surface area contributed by atoms with E-state index in [1.807, 2.05) is 0 Å². The van der Waals surface area contributed by atoms with Gasteiger partial charge in [-0.25, -0.2) is 0 Å². The van der Waals surface area contributed by atoms with E-state index in [0.29, 0.717) is 0 Å². The molecular formula is C16H28OSi. The van der Waals surface area contributed by atoms with Crippen LogP contribution in [0, 0.1) is 5.41 Å². The first kappa shape index (κ1) is 15.5. The van der Waals surface area contributed by atoms with Gasteiger partial charge in [0, 0.05) is 0 Å². The number of rotatable bonds is 6. The maximum Gasteiger partial charge on any atom is 0.147 e. The summed E-state index contributed by atoms with van der Waals surface area (Å²) in [7, 11) is 0.791. The molecule has 0 aromatic heterocycles. The van der Waals surface area contributed by atoms with Crippen molar-refractivity contribution < 1.29 is 4.43 Å². The smallest absolute Gasteiger partial charge is 0.147 e. The molecule has 0 N–H and O–H groups in total. The zero-order chi connectivity index (χ0) is 13.6. The van der Waals surface area contributed by atoms with Crippen LogP contribution in [-0.4, -0.2) is 10.5 Å². The first-order valence-corrected chi connectivity index (χ1v) is 7.86. The molecule has 2 heteroatoms. The van der Waals surface area contributed by atoms with Crippen molar-refractivity contribution in [3.8, 4) is 0 Å². The van der Waals surface area contributed by atoms with Crippen molar-refractivity contribution in [1.82, 2.24) is 0 Å². The number of unbranched alkanes of at least 4 members (excludes halogenated alkanes) is 1. The fraction of sp³-hybridized carbons (Fsp3) is 0.625. The Morgan fingerprint density at radius 3 is 2.17 bits per heavy atom. The molecule has 1 nitrogen and oxygen atoms in total. The quantitative estimate of drug-likeness (QED) is 0.710.